The van der Waals surface area contributed by atoms with E-state index >= 15 is 0 Å². The molecule has 0 aliphatic rings. The van der Waals surface area contributed by atoms with Gasteiger partial charge in [-0.1, -0.05) is 11.6 Å². The number of pyridine rings is 1. The molecule has 0 aliphatic carbocycles. The van der Waals surface area contributed by atoms with Gasteiger partial charge in [-0.3, -0.25) is 0 Å². The average Bonchev–Trinajstić information content (AvgIpc) is 2.90. The number of aromatic nitrogens is 3. The van der Waals surface area contributed by atoms with Crippen LogP contribution in [0.2, 0.25) is 5.02 Å². The number of nitrogens with one attached hydrogen (secondary N) is 1. The number of benzene rings is 1. The average molecular weight is 367 g/mol. The number of ether oxygens (including phenoxy) is 1. The van der Waals surface area contributed by atoms with Crippen LogP contribution in [0.15, 0.2) is 41.4 Å². The molecule has 0 aliphatic heterocycles. The molecule has 3 rings (SSSR count). The molecule has 0 unspecified atom stereocenters. The topological polar surface area (TPSA) is 86.1 Å². The smallest absolute Gasteiger partial charge is 0.244 e. The van der Waals surface area contributed by atoms with E-state index in [1.807, 2.05) is 6.07 Å². The molecule has 1 N–H and O–H groups in total. The number of hydrogen-bond donors (Lipinski definition) is 1. The summed E-state index contributed by atoms with van der Waals surface area (Å²) in [6, 6.07) is 8.02. The van der Waals surface area contributed by atoms with Crippen molar-refractivity contribution in [2.24, 2.45) is 7.05 Å². The maximum Gasteiger partial charge on any atom is 0.244 e. The largest absolute Gasteiger partial charge is 0.495 e. The van der Waals surface area contributed by atoms with Crippen LogP contribution in [0.1, 0.15) is 5.82 Å². The molecule has 3 aromatic rings. The van der Waals surface area contributed by atoms with Gasteiger partial charge in [-0.05, 0) is 30.3 Å². The van der Waals surface area contributed by atoms with Gasteiger partial charge in [0.25, 0.3) is 0 Å². The van der Waals surface area contributed by atoms with E-state index in [-0.39, 0.29) is 17.2 Å². The van der Waals surface area contributed by atoms with E-state index in [0.717, 1.165) is 0 Å². The van der Waals surface area contributed by atoms with Crippen molar-refractivity contribution in [1.29, 1.82) is 0 Å². The standard InChI is InChI=1S/C15H15ClN4O3S/c1-20-14(19-11-4-3-7-17-15(11)20)9-18-24(21,22)13-8-10(16)5-6-12(13)23-2/h3-8,18H,9H2,1-2H3. The van der Waals surface area contributed by atoms with Crippen LogP contribution >= 0.6 is 11.6 Å². The summed E-state index contributed by atoms with van der Waals surface area (Å²) in [5.74, 6) is 0.770. The third kappa shape index (κ3) is 3.08. The highest BCUT2D eigenvalue weighted by atomic mass is 35.5. The number of sulfonamides is 1. The quantitative estimate of drug-likeness (QED) is 0.747. The van der Waals surface area contributed by atoms with Gasteiger partial charge in [-0.15, -0.1) is 0 Å². The maximum atomic E-state index is 12.6. The second-order valence-corrected chi connectivity index (χ2v) is 7.22. The predicted molar refractivity (Wildman–Crippen MR) is 90.5 cm³/mol. The van der Waals surface area contributed by atoms with E-state index in [1.165, 1.54) is 19.2 Å². The van der Waals surface area contributed by atoms with E-state index in [2.05, 4.69) is 14.7 Å². The Balaban J connectivity index is 1.90. The minimum atomic E-state index is -3.81. The normalized spacial score (nSPS) is 11.8. The molecular weight excluding hydrogens is 352 g/mol. The Morgan fingerprint density at radius 1 is 1.33 bits per heavy atom. The predicted octanol–water partition coefficient (Wildman–Crippen LogP) is 2.11. The Bertz CT molecular complexity index is 1000. The molecular formula is C15H15ClN4O3S. The van der Waals surface area contributed by atoms with Crippen molar-refractivity contribution in [2.75, 3.05) is 7.11 Å². The maximum absolute atomic E-state index is 12.6. The van der Waals surface area contributed by atoms with Crippen molar-refractivity contribution >= 4 is 32.8 Å². The Labute approximate surface area is 144 Å². The van der Waals surface area contributed by atoms with Gasteiger partial charge in [-0.2, -0.15) is 0 Å². The second-order valence-electron chi connectivity index (χ2n) is 5.05. The minimum Gasteiger partial charge on any atom is -0.495 e. The Morgan fingerprint density at radius 3 is 2.83 bits per heavy atom. The number of nitrogens with zero attached hydrogens (tertiary/aromatic N) is 3. The van der Waals surface area contributed by atoms with E-state index < -0.39 is 10.0 Å². The molecule has 2 aromatic heterocycles. The molecule has 24 heavy (non-hydrogen) atoms. The molecule has 126 valence electrons. The highest BCUT2D eigenvalue weighted by molar-refractivity contribution is 7.89. The van der Waals surface area contributed by atoms with Crippen molar-refractivity contribution in [3.05, 3.63) is 47.4 Å². The fourth-order valence-corrected chi connectivity index (χ4v) is 3.74. The molecule has 0 atom stereocenters. The summed E-state index contributed by atoms with van der Waals surface area (Å²) in [4.78, 5) is 8.60. The molecule has 0 radical (unpaired) electrons. The summed E-state index contributed by atoms with van der Waals surface area (Å²) in [6.07, 6.45) is 1.66. The van der Waals surface area contributed by atoms with E-state index in [4.69, 9.17) is 16.3 Å². The SMILES string of the molecule is COc1ccc(Cl)cc1S(=O)(=O)NCc1nc2cccnc2n1C. The van der Waals surface area contributed by atoms with Gasteiger partial charge in [0.15, 0.2) is 5.65 Å². The first-order valence-electron chi connectivity index (χ1n) is 7.02. The number of rotatable bonds is 5. The zero-order valence-corrected chi connectivity index (χ0v) is 14.6. The third-order valence-electron chi connectivity index (χ3n) is 3.56. The van der Waals surface area contributed by atoms with Gasteiger partial charge >= 0.3 is 0 Å². The van der Waals surface area contributed by atoms with E-state index in [9.17, 15) is 8.42 Å². The number of methoxy groups -OCH3 is 1. The van der Waals surface area contributed by atoms with Gasteiger partial charge < -0.3 is 9.30 Å². The zero-order valence-electron chi connectivity index (χ0n) is 13.0. The lowest BCUT2D eigenvalue weighted by Gasteiger charge is -2.11. The third-order valence-corrected chi connectivity index (χ3v) is 5.21. The highest BCUT2D eigenvalue weighted by Gasteiger charge is 2.21. The van der Waals surface area contributed by atoms with Crippen LogP contribution < -0.4 is 9.46 Å². The van der Waals surface area contributed by atoms with Crippen LogP contribution in [0.4, 0.5) is 0 Å². The number of halogens is 1. The highest BCUT2D eigenvalue weighted by Crippen LogP contribution is 2.27. The summed E-state index contributed by atoms with van der Waals surface area (Å²) in [5.41, 5.74) is 1.39. The Hall–Kier alpha value is -2.16. The zero-order chi connectivity index (χ0) is 17.3. The van der Waals surface area contributed by atoms with Crippen LogP contribution in [-0.2, 0) is 23.6 Å². The molecule has 0 bridgehead atoms. The number of imidazole rings is 1. The van der Waals surface area contributed by atoms with Crippen LogP contribution in [0.25, 0.3) is 11.2 Å². The fraction of sp³-hybridized carbons (Fsp3) is 0.200. The van der Waals surface area contributed by atoms with Crippen LogP contribution in [-0.4, -0.2) is 30.1 Å². The van der Waals surface area contributed by atoms with Crippen molar-refractivity contribution < 1.29 is 13.2 Å². The summed E-state index contributed by atoms with van der Waals surface area (Å²) in [7, 11) is -0.625. The summed E-state index contributed by atoms with van der Waals surface area (Å²) in [5, 5.41) is 0.308. The van der Waals surface area contributed by atoms with Crippen LogP contribution in [0, 0.1) is 0 Å². The molecule has 0 fully saturated rings. The molecule has 1 aromatic carbocycles. The summed E-state index contributed by atoms with van der Waals surface area (Å²) in [6.45, 7) is 0.0187. The lowest BCUT2D eigenvalue weighted by molar-refractivity contribution is 0.402. The molecule has 0 saturated heterocycles. The van der Waals surface area contributed by atoms with E-state index in [0.29, 0.717) is 22.0 Å². The number of fused-ring (bicyclic) bond motifs is 1. The molecule has 2 heterocycles. The molecule has 7 nitrogen and oxygen atoms in total. The van der Waals surface area contributed by atoms with Crippen LogP contribution in [0.3, 0.4) is 0 Å². The lowest BCUT2D eigenvalue weighted by atomic mass is 10.3. The number of hydrogen-bond acceptors (Lipinski definition) is 5. The molecule has 0 saturated carbocycles. The first kappa shape index (κ1) is 16.7. The number of aryl methyl sites for hydroxylation is 1. The van der Waals surface area contributed by atoms with Gasteiger partial charge in [0.2, 0.25) is 10.0 Å². The fourth-order valence-electron chi connectivity index (χ4n) is 2.33. The molecule has 9 heteroatoms. The first-order valence-corrected chi connectivity index (χ1v) is 8.88. The van der Waals surface area contributed by atoms with Crippen molar-refractivity contribution in [3.63, 3.8) is 0 Å². The van der Waals surface area contributed by atoms with Gasteiger partial charge in [0.1, 0.15) is 22.0 Å². The summed E-state index contributed by atoms with van der Waals surface area (Å²) < 4.78 is 34.5. The van der Waals surface area contributed by atoms with Gasteiger partial charge in [-0.25, -0.2) is 23.1 Å². The lowest BCUT2D eigenvalue weighted by Crippen LogP contribution is -2.25. The van der Waals surface area contributed by atoms with Crippen molar-refractivity contribution in [3.8, 4) is 5.75 Å². The van der Waals surface area contributed by atoms with Crippen molar-refractivity contribution in [1.82, 2.24) is 19.3 Å². The van der Waals surface area contributed by atoms with E-state index in [1.54, 1.807) is 29.9 Å². The minimum absolute atomic E-state index is 0.0187. The Kier molecular flexibility index (Phi) is 4.44. The van der Waals surface area contributed by atoms with Crippen molar-refractivity contribution in [2.45, 2.75) is 11.4 Å². The summed E-state index contributed by atoms with van der Waals surface area (Å²) >= 11 is 5.90. The monoisotopic (exact) mass is 366 g/mol. The van der Waals surface area contributed by atoms with Crippen LogP contribution in [0.5, 0.6) is 5.75 Å². The second kappa shape index (κ2) is 6.39. The Morgan fingerprint density at radius 2 is 2.12 bits per heavy atom. The molecule has 0 amide bonds. The first-order chi connectivity index (χ1) is 11.4. The van der Waals surface area contributed by atoms with Gasteiger partial charge in [0.05, 0.1) is 13.7 Å². The van der Waals surface area contributed by atoms with Gasteiger partial charge in [0, 0.05) is 18.3 Å². The molecule has 0 spiro atoms.